The summed E-state index contributed by atoms with van der Waals surface area (Å²) >= 11 is 0. The number of aryl methyl sites for hydroxylation is 1. The first-order chi connectivity index (χ1) is 10.3. The number of hydrogen-bond acceptors (Lipinski definition) is 2. The van der Waals surface area contributed by atoms with Crippen LogP contribution in [0.2, 0.25) is 0 Å². The molecule has 2 rings (SSSR count). The molecule has 4 heteroatoms. The van der Waals surface area contributed by atoms with Crippen LogP contribution in [0.25, 0.3) is 0 Å². The lowest BCUT2D eigenvalue weighted by Gasteiger charge is -2.13. The molecule has 0 spiro atoms. The van der Waals surface area contributed by atoms with Crippen LogP contribution in [-0.4, -0.2) is 8.42 Å². The Morgan fingerprint density at radius 1 is 1.05 bits per heavy atom. The SMILES string of the molecule is CCC(C)c1ccc(S(=O)(=O)Nc2cccc(C)c2C)cc1. The summed E-state index contributed by atoms with van der Waals surface area (Å²) in [5.74, 6) is 0.434. The van der Waals surface area contributed by atoms with Gasteiger partial charge in [-0.05, 0) is 61.1 Å². The fourth-order valence-corrected chi connectivity index (χ4v) is 3.40. The lowest BCUT2D eigenvalue weighted by molar-refractivity contribution is 0.601. The van der Waals surface area contributed by atoms with Crippen LogP contribution in [0.3, 0.4) is 0 Å². The van der Waals surface area contributed by atoms with Gasteiger partial charge in [0.25, 0.3) is 10.0 Å². The van der Waals surface area contributed by atoms with E-state index < -0.39 is 10.0 Å². The highest BCUT2D eigenvalue weighted by Crippen LogP contribution is 2.24. The van der Waals surface area contributed by atoms with Gasteiger partial charge in [0.05, 0.1) is 10.6 Å². The van der Waals surface area contributed by atoms with Crippen LogP contribution in [0.1, 0.15) is 42.9 Å². The van der Waals surface area contributed by atoms with Crippen molar-refractivity contribution in [3.05, 3.63) is 59.2 Å². The van der Waals surface area contributed by atoms with E-state index in [1.807, 2.05) is 38.1 Å². The van der Waals surface area contributed by atoms with Crippen LogP contribution in [0.15, 0.2) is 47.4 Å². The molecule has 1 N–H and O–H groups in total. The Morgan fingerprint density at radius 3 is 2.27 bits per heavy atom. The van der Waals surface area contributed by atoms with Crippen molar-refractivity contribution in [1.82, 2.24) is 0 Å². The van der Waals surface area contributed by atoms with Crippen molar-refractivity contribution in [1.29, 1.82) is 0 Å². The first-order valence-corrected chi connectivity index (χ1v) is 9.02. The molecule has 0 aliphatic rings. The monoisotopic (exact) mass is 317 g/mol. The normalized spacial score (nSPS) is 12.9. The average Bonchev–Trinajstić information content (AvgIpc) is 2.51. The number of nitrogens with one attached hydrogen (secondary N) is 1. The highest BCUT2D eigenvalue weighted by Gasteiger charge is 2.16. The van der Waals surface area contributed by atoms with E-state index in [1.54, 1.807) is 18.2 Å². The molecule has 0 amide bonds. The molecule has 0 fully saturated rings. The van der Waals surface area contributed by atoms with Crippen molar-refractivity contribution >= 4 is 15.7 Å². The summed E-state index contributed by atoms with van der Waals surface area (Å²) in [6, 6.07) is 12.7. The minimum absolute atomic E-state index is 0.292. The number of hydrogen-bond donors (Lipinski definition) is 1. The molecule has 0 saturated heterocycles. The summed E-state index contributed by atoms with van der Waals surface area (Å²) in [6.07, 6.45) is 1.03. The largest absolute Gasteiger partial charge is 0.279 e. The smallest absolute Gasteiger partial charge is 0.261 e. The summed E-state index contributed by atoms with van der Waals surface area (Å²) in [5, 5.41) is 0. The van der Waals surface area contributed by atoms with Crippen LogP contribution in [-0.2, 0) is 10.0 Å². The summed E-state index contributed by atoms with van der Waals surface area (Å²) < 4.78 is 27.7. The van der Waals surface area contributed by atoms with E-state index in [4.69, 9.17) is 0 Å². The van der Waals surface area contributed by atoms with E-state index >= 15 is 0 Å². The molecule has 1 atom stereocenters. The maximum absolute atomic E-state index is 12.5. The van der Waals surface area contributed by atoms with E-state index in [1.165, 1.54) is 0 Å². The second kappa shape index (κ2) is 6.53. The zero-order valence-corrected chi connectivity index (χ0v) is 14.4. The van der Waals surface area contributed by atoms with Crippen LogP contribution in [0.5, 0.6) is 0 Å². The molecule has 0 saturated carbocycles. The maximum Gasteiger partial charge on any atom is 0.261 e. The van der Waals surface area contributed by atoms with Crippen molar-refractivity contribution in [3.8, 4) is 0 Å². The molecule has 2 aromatic carbocycles. The van der Waals surface area contributed by atoms with Crippen molar-refractivity contribution < 1.29 is 8.42 Å². The fourth-order valence-electron chi connectivity index (χ4n) is 2.28. The molecular weight excluding hydrogens is 294 g/mol. The Hall–Kier alpha value is -1.81. The third kappa shape index (κ3) is 3.50. The molecule has 0 bridgehead atoms. The zero-order chi connectivity index (χ0) is 16.3. The average molecular weight is 317 g/mol. The summed E-state index contributed by atoms with van der Waals surface area (Å²) in [5.41, 5.74) is 3.80. The van der Waals surface area contributed by atoms with E-state index in [2.05, 4.69) is 18.6 Å². The van der Waals surface area contributed by atoms with E-state index in [0.29, 0.717) is 16.5 Å². The lowest BCUT2D eigenvalue weighted by atomic mass is 9.99. The highest BCUT2D eigenvalue weighted by atomic mass is 32.2. The summed E-state index contributed by atoms with van der Waals surface area (Å²) in [7, 11) is -3.55. The number of anilines is 1. The van der Waals surface area contributed by atoms with E-state index in [9.17, 15) is 8.42 Å². The van der Waals surface area contributed by atoms with E-state index in [-0.39, 0.29) is 0 Å². The van der Waals surface area contributed by atoms with Gasteiger partial charge in [-0.3, -0.25) is 4.72 Å². The topological polar surface area (TPSA) is 46.2 Å². The minimum Gasteiger partial charge on any atom is -0.279 e. The van der Waals surface area contributed by atoms with Gasteiger partial charge in [0.2, 0.25) is 0 Å². The summed E-state index contributed by atoms with van der Waals surface area (Å²) in [4.78, 5) is 0.292. The van der Waals surface area contributed by atoms with Crippen LogP contribution < -0.4 is 4.72 Å². The van der Waals surface area contributed by atoms with Gasteiger partial charge < -0.3 is 0 Å². The van der Waals surface area contributed by atoms with Gasteiger partial charge in [0.1, 0.15) is 0 Å². The second-order valence-electron chi connectivity index (χ2n) is 5.73. The Morgan fingerprint density at radius 2 is 1.68 bits per heavy atom. The molecule has 22 heavy (non-hydrogen) atoms. The Bertz CT molecular complexity index is 749. The van der Waals surface area contributed by atoms with Crippen LogP contribution in [0.4, 0.5) is 5.69 Å². The quantitative estimate of drug-likeness (QED) is 0.874. The molecule has 1 unspecified atom stereocenters. The van der Waals surface area contributed by atoms with Gasteiger partial charge in [-0.2, -0.15) is 0 Å². The number of rotatable bonds is 5. The van der Waals surface area contributed by atoms with Crippen LogP contribution in [0, 0.1) is 13.8 Å². The highest BCUT2D eigenvalue weighted by molar-refractivity contribution is 7.92. The Labute approximate surface area is 133 Å². The van der Waals surface area contributed by atoms with Gasteiger partial charge >= 0.3 is 0 Å². The molecule has 0 aliphatic carbocycles. The van der Waals surface area contributed by atoms with Gasteiger partial charge in [0, 0.05) is 0 Å². The predicted molar refractivity (Wildman–Crippen MR) is 91.9 cm³/mol. The third-order valence-electron chi connectivity index (χ3n) is 4.22. The molecule has 118 valence electrons. The first-order valence-electron chi connectivity index (χ1n) is 7.54. The lowest BCUT2D eigenvalue weighted by Crippen LogP contribution is -2.14. The molecule has 0 radical (unpaired) electrons. The summed E-state index contributed by atoms with van der Waals surface area (Å²) in [6.45, 7) is 8.14. The third-order valence-corrected chi connectivity index (χ3v) is 5.60. The molecule has 0 aliphatic heterocycles. The molecule has 0 heterocycles. The zero-order valence-electron chi connectivity index (χ0n) is 13.6. The van der Waals surface area contributed by atoms with Crippen molar-refractivity contribution in [2.75, 3.05) is 4.72 Å². The molecule has 2 aromatic rings. The van der Waals surface area contributed by atoms with Gasteiger partial charge in [-0.15, -0.1) is 0 Å². The molecule has 3 nitrogen and oxygen atoms in total. The number of sulfonamides is 1. The minimum atomic E-state index is -3.55. The van der Waals surface area contributed by atoms with Crippen LogP contribution >= 0.6 is 0 Å². The molecular formula is C18H23NO2S. The van der Waals surface area contributed by atoms with Gasteiger partial charge in [-0.1, -0.05) is 38.1 Å². The Balaban J connectivity index is 2.29. The van der Waals surface area contributed by atoms with Gasteiger partial charge in [0.15, 0.2) is 0 Å². The van der Waals surface area contributed by atoms with Crippen molar-refractivity contribution in [2.45, 2.75) is 44.9 Å². The maximum atomic E-state index is 12.5. The predicted octanol–water partition coefficient (Wildman–Crippen LogP) is 4.62. The number of benzene rings is 2. The van der Waals surface area contributed by atoms with E-state index in [0.717, 1.165) is 23.1 Å². The standard InChI is InChI=1S/C18H23NO2S/c1-5-13(2)16-9-11-17(12-10-16)22(20,21)19-18-8-6-7-14(3)15(18)4/h6-13,19H,5H2,1-4H3. The fraction of sp³-hybridized carbons (Fsp3) is 0.333. The van der Waals surface area contributed by atoms with Crippen molar-refractivity contribution in [2.24, 2.45) is 0 Å². The first kappa shape index (κ1) is 16.6. The van der Waals surface area contributed by atoms with Crippen molar-refractivity contribution in [3.63, 3.8) is 0 Å². The molecule has 0 aromatic heterocycles. The second-order valence-corrected chi connectivity index (χ2v) is 7.41. The Kier molecular flexibility index (Phi) is 4.91. The van der Waals surface area contributed by atoms with Gasteiger partial charge in [-0.25, -0.2) is 8.42 Å².